The van der Waals surface area contributed by atoms with Crippen LogP contribution in [0, 0.1) is 6.92 Å². The third-order valence-corrected chi connectivity index (χ3v) is 5.22. The molecular formula is C14H18F3NO4S. The summed E-state index contributed by atoms with van der Waals surface area (Å²) in [6.45, 7) is 0.710. The molecule has 0 amide bonds. The monoisotopic (exact) mass is 353 g/mol. The minimum Gasteiger partial charge on any atom is -0.492 e. The number of aryl methyl sites for hydroxylation is 1. The van der Waals surface area contributed by atoms with Crippen molar-refractivity contribution in [3.63, 3.8) is 0 Å². The van der Waals surface area contributed by atoms with Gasteiger partial charge in [0.1, 0.15) is 12.4 Å². The van der Waals surface area contributed by atoms with Crippen LogP contribution in [0.25, 0.3) is 0 Å². The fraction of sp³-hybridized carbons (Fsp3) is 0.571. The SMILES string of the molecule is Cc1ccc(OCCS(=O)(=O)N2CCOC(C(F)(F)F)C2)cc1. The van der Waals surface area contributed by atoms with Crippen LogP contribution in [-0.2, 0) is 14.8 Å². The summed E-state index contributed by atoms with van der Waals surface area (Å²) in [5, 5.41) is 0. The highest BCUT2D eigenvalue weighted by Gasteiger charge is 2.45. The quantitative estimate of drug-likeness (QED) is 0.812. The van der Waals surface area contributed by atoms with E-state index in [9.17, 15) is 21.6 Å². The summed E-state index contributed by atoms with van der Waals surface area (Å²) in [4.78, 5) is 0. The summed E-state index contributed by atoms with van der Waals surface area (Å²) in [7, 11) is -3.83. The lowest BCUT2D eigenvalue weighted by Gasteiger charge is -2.32. The zero-order valence-electron chi connectivity index (χ0n) is 12.5. The van der Waals surface area contributed by atoms with E-state index < -0.39 is 28.8 Å². The molecule has 1 aliphatic heterocycles. The van der Waals surface area contributed by atoms with Gasteiger partial charge in [0.25, 0.3) is 0 Å². The minimum atomic E-state index is -4.58. The fourth-order valence-electron chi connectivity index (χ4n) is 2.10. The van der Waals surface area contributed by atoms with E-state index >= 15 is 0 Å². The molecule has 2 rings (SSSR count). The van der Waals surface area contributed by atoms with Crippen molar-refractivity contribution in [2.75, 3.05) is 32.1 Å². The second kappa shape index (κ2) is 7.06. The predicted molar refractivity (Wildman–Crippen MR) is 77.8 cm³/mol. The summed E-state index contributed by atoms with van der Waals surface area (Å²) in [5.74, 6) is 0.131. The molecule has 0 bridgehead atoms. The van der Waals surface area contributed by atoms with Crippen LogP contribution in [0.5, 0.6) is 5.75 Å². The summed E-state index contributed by atoms with van der Waals surface area (Å²) in [6, 6.07) is 7.05. The van der Waals surface area contributed by atoms with Gasteiger partial charge in [-0.1, -0.05) is 17.7 Å². The molecule has 1 aromatic carbocycles. The molecule has 1 saturated heterocycles. The van der Waals surface area contributed by atoms with Gasteiger partial charge in [0.05, 0.1) is 12.4 Å². The van der Waals surface area contributed by atoms with Gasteiger partial charge < -0.3 is 9.47 Å². The molecule has 9 heteroatoms. The second-order valence-corrected chi connectivity index (χ2v) is 7.33. The van der Waals surface area contributed by atoms with Gasteiger partial charge in [-0.05, 0) is 19.1 Å². The van der Waals surface area contributed by atoms with Gasteiger partial charge in [-0.15, -0.1) is 0 Å². The van der Waals surface area contributed by atoms with E-state index in [-0.39, 0.29) is 25.5 Å². The first kappa shape index (κ1) is 18.0. The number of rotatable bonds is 5. The summed E-state index contributed by atoms with van der Waals surface area (Å²) < 4.78 is 72.9. The molecule has 0 saturated carbocycles. The predicted octanol–water partition coefficient (Wildman–Crippen LogP) is 1.97. The van der Waals surface area contributed by atoms with Gasteiger partial charge in [-0.3, -0.25) is 0 Å². The zero-order chi connectivity index (χ0) is 17.1. The molecule has 0 N–H and O–H groups in total. The fourth-order valence-corrected chi connectivity index (χ4v) is 3.37. The smallest absolute Gasteiger partial charge is 0.415 e. The molecule has 1 aliphatic rings. The van der Waals surface area contributed by atoms with Gasteiger partial charge in [-0.25, -0.2) is 8.42 Å². The van der Waals surface area contributed by atoms with Crippen molar-refractivity contribution in [1.29, 1.82) is 0 Å². The van der Waals surface area contributed by atoms with Gasteiger partial charge in [0.2, 0.25) is 10.0 Å². The van der Waals surface area contributed by atoms with Crippen molar-refractivity contribution in [2.24, 2.45) is 0 Å². The molecule has 0 aliphatic carbocycles. The first-order valence-electron chi connectivity index (χ1n) is 7.04. The lowest BCUT2D eigenvalue weighted by atomic mass is 10.2. The summed E-state index contributed by atoms with van der Waals surface area (Å²) in [5.41, 5.74) is 1.04. The number of alkyl halides is 3. The molecule has 1 heterocycles. The van der Waals surface area contributed by atoms with E-state index in [1.54, 1.807) is 12.1 Å². The van der Waals surface area contributed by atoms with Crippen LogP contribution < -0.4 is 4.74 Å². The molecule has 23 heavy (non-hydrogen) atoms. The van der Waals surface area contributed by atoms with Crippen molar-refractivity contribution >= 4 is 10.0 Å². The molecule has 1 atom stereocenters. The van der Waals surface area contributed by atoms with Gasteiger partial charge in [-0.2, -0.15) is 17.5 Å². The molecule has 130 valence electrons. The largest absolute Gasteiger partial charge is 0.492 e. The number of hydrogen-bond donors (Lipinski definition) is 0. The number of sulfonamides is 1. The van der Waals surface area contributed by atoms with Crippen LogP contribution in [0.3, 0.4) is 0 Å². The molecule has 5 nitrogen and oxygen atoms in total. The van der Waals surface area contributed by atoms with Crippen LogP contribution in [0.15, 0.2) is 24.3 Å². The van der Waals surface area contributed by atoms with Crippen LogP contribution in [0.4, 0.5) is 13.2 Å². The van der Waals surface area contributed by atoms with Crippen molar-refractivity contribution in [3.05, 3.63) is 29.8 Å². The topological polar surface area (TPSA) is 55.8 Å². The molecule has 0 aromatic heterocycles. The molecule has 0 radical (unpaired) electrons. The first-order valence-corrected chi connectivity index (χ1v) is 8.65. The molecule has 1 aromatic rings. The Bertz CT molecular complexity index is 616. The highest BCUT2D eigenvalue weighted by molar-refractivity contribution is 7.89. The standard InChI is InChI=1S/C14H18F3NO4S/c1-11-2-4-12(5-3-11)21-8-9-23(19,20)18-6-7-22-13(10-18)14(15,16)17/h2-5,13H,6-10H2,1H3. The number of hydrogen-bond acceptors (Lipinski definition) is 4. The van der Waals surface area contributed by atoms with Crippen LogP contribution in [0.2, 0.25) is 0 Å². The Morgan fingerprint density at radius 1 is 1.30 bits per heavy atom. The Hall–Kier alpha value is -1.32. The van der Waals surface area contributed by atoms with E-state index in [0.717, 1.165) is 9.87 Å². The van der Waals surface area contributed by atoms with Gasteiger partial charge >= 0.3 is 6.18 Å². The Labute approximate surface area is 133 Å². The Balaban J connectivity index is 1.89. The maximum Gasteiger partial charge on any atom is 0.415 e. The molecule has 1 unspecified atom stereocenters. The maximum atomic E-state index is 12.6. The number of halogens is 3. The Morgan fingerprint density at radius 2 is 1.96 bits per heavy atom. The van der Waals surface area contributed by atoms with E-state index in [0.29, 0.717) is 5.75 Å². The van der Waals surface area contributed by atoms with Crippen LogP contribution >= 0.6 is 0 Å². The lowest BCUT2D eigenvalue weighted by molar-refractivity contribution is -0.231. The number of morpholine rings is 1. The Morgan fingerprint density at radius 3 is 2.57 bits per heavy atom. The maximum absolute atomic E-state index is 12.6. The van der Waals surface area contributed by atoms with Gasteiger partial charge in [0, 0.05) is 13.1 Å². The zero-order valence-corrected chi connectivity index (χ0v) is 13.4. The number of nitrogens with zero attached hydrogens (tertiary/aromatic N) is 1. The normalized spacial score (nSPS) is 20.4. The average Bonchev–Trinajstić information content (AvgIpc) is 2.48. The third kappa shape index (κ3) is 5.08. The number of ether oxygens (including phenoxy) is 2. The third-order valence-electron chi connectivity index (χ3n) is 3.42. The average molecular weight is 353 g/mol. The molecule has 1 fully saturated rings. The van der Waals surface area contributed by atoms with Gasteiger partial charge in [0.15, 0.2) is 6.10 Å². The van der Waals surface area contributed by atoms with Crippen molar-refractivity contribution < 1.29 is 31.1 Å². The summed E-state index contributed by atoms with van der Waals surface area (Å²) >= 11 is 0. The number of benzene rings is 1. The van der Waals surface area contributed by atoms with Crippen LogP contribution in [-0.4, -0.2) is 57.1 Å². The minimum absolute atomic E-state index is 0.0839. The van der Waals surface area contributed by atoms with Crippen LogP contribution in [0.1, 0.15) is 5.56 Å². The first-order chi connectivity index (χ1) is 10.7. The highest BCUT2D eigenvalue weighted by atomic mass is 32.2. The second-order valence-electron chi connectivity index (χ2n) is 5.24. The van der Waals surface area contributed by atoms with Crippen molar-refractivity contribution in [3.8, 4) is 5.75 Å². The molecule has 0 spiro atoms. The van der Waals surface area contributed by atoms with E-state index in [2.05, 4.69) is 4.74 Å². The summed E-state index contributed by atoms with van der Waals surface area (Å²) in [6.07, 6.45) is -6.66. The van der Waals surface area contributed by atoms with E-state index in [4.69, 9.17) is 4.74 Å². The van der Waals surface area contributed by atoms with Crippen molar-refractivity contribution in [2.45, 2.75) is 19.2 Å². The van der Waals surface area contributed by atoms with Crippen molar-refractivity contribution in [1.82, 2.24) is 4.31 Å². The Kier molecular flexibility index (Phi) is 5.53. The van der Waals surface area contributed by atoms with E-state index in [1.807, 2.05) is 19.1 Å². The van der Waals surface area contributed by atoms with E-state index in [1.165, 1.54) is 0 Å². The highest BCUT2D eigenvalue weighted by Crippen LogP contribution is 2.26. The molecular weight excluding hydrogens is 335 g/mol. The lowest BCUT2D eigenvalue weighted by Crippen LogP contribution is -2.51.